The molecule has 0 bridgehead atoms. The number of nitrogens with zero attached hydrogens (tertiary/aromatic N) is 8. The Morgan fingerprint density at radius 1 is 0.647 bits per heavy atom. The molecule has 0 radical (unpaired) electrons. The molecule has 10 nitrogen and oxygen atoms in total. The van der Waals surface area contributed by atoms with Crippen molar-refractivity contribution >= 4 is 35.1 Å². The van der Waals surface area contributed by atoms with Crippen LogP contribution in [0.5, 0.6) is 12.0 Å². The normalized spacial score (nSPS) is 10.8. The molecule has 3 aromatic rings. The van der Waals surface area contributed by atoms with Crippen LogP contribution in [0.2, 0.25) is 10.6 Å². The van der Waals surface area contributed by atoms with Gasteiger partial charge in [0.15, 0.2) is 0 Å². The van der Waals surface area contributed by atoms with Gasteiger partial charge >= 0.3 is 12.0 Å². The highest BCUT2D eigenvalue weighted by Crippen LogP contribution is 2.18. The summed E-state index contributed by atoms with van der Waals surface area (Å²) in [4.78, 5) is 29.2. The van der Waals surface area contributed by atoms with Crippen LogP contribution in [0.25, 0.3) is 0 Å². The monoisotopic (exact) mass is 506 g/mol. The van der Waals surface area contributed by atoms with E-state index in [1.807, 2.05) is 61.8 Å². The van der Waals surface area contributed by atoms with E-state index in [2.05, 4.69) is 29.9 Å². The Hall–Kier alpha value is -2.98. The molecule has 0 aliphatic heterocycles. The Balaban J connectivity index is 1.65. The van der Waals surface area contributed by atoms with Crippen molar-refractivity contribution in [2.45, 2.75) is 40.9 Å². The van der Waals surface area contributed by atoms with Crippen LogP contribution in [-0.2, 0) is 13.2 Å². The number of benzene rings is 1. The Kier molecular flexibility index (Phi) is 9.41. The SMILES string of the molecule is CCN(CC)c1nc(Cl)nc(OCc2cccc(COc3nc(Cl)nc(N(CC)CC)n3)c2)n1. The third kappa shape index (κ3) is 7.01. The van der Waals surface area contributed by atoms with Crippen molar-refractivity contribution in [1.82, 2.24) is 29.9 Å². The van der Waals surface area contributed by atoms with E-state index in [4.69, 9.17) is 32.7 Å². The summed E-state index contributed by atoms with van der Waals surface area (Å²) in [5.41, 5.74) is 1.83. The van der Waals surface area contributed by atoms with Gasteiger partial charge in [-0.2, -0.15) is 29.9 Å². The van der Waals surface area contributed by atoms with Crippen LogP contribution in [0.4, 0.5) is 11.9 Å². The Bertz CT molecular complexity index is 1000. The van der Waals surface area contributed by atoms with Crippen LogP contribution in [0.15, 0.2) is 24.3 Å². The molecule has 0 aliphatic rings. The second-order valence-electron chi connectivity index (χ2n) is 7.12. The minimum Gasteiger partial charge on any atom is -0.458 e. The standard InChI is InChI=1S/C22H28Cl2N8O2/c1-5-31(6-2)19-25-17(23)27-21(29-19)33-13-15-10-9-11-16(12-15)14-34-22-28-18(24)26-20(30-22)32(7-3)8-4/h9-12H,5-8,13-14H2,1-4H3. The Morgan fingerprint density at radius 2 is 1.06 bits per heavy atom. The molecular formula is C22H28Cl2N8O2. The molecule has 2 aromatic heterocycles. The van der Waals surface area contributed by atoms with Crippen molar-refractivity contribution in [3.05, 3.63) is 46.0 Å². The van der Waals surface area contributed by atoms with Gasteiger partial charge in [0.2, 0.25) is 22.5 Å². The Morgan fingerprint density at radius 3 is 1.44 bits per heavy atom. The zero-order chi connectivity index (χ0) is 24.5. The quantitative estimate of drug-likeness (QED) is 0.354. The van der Waals surface area contributed by atoms with Crippen molar-refractivity contribution in [1.29, 1.82) is 0 Å². The van der Waals surface area contributed by atoms with Gasteiger partial charge in [-0.3, -0.25) is 0 Å². The van der Waals surface area contributed by atoms with Gasteiger partial charge < -0.3 is 19.3 Å². The molecule has 0 saturated carbocycles. The molecule has 34 heavy (non-hydrogen) atoms. The lowest BCUT2D eigenvalue weighted by molar-refractivity contribution is 0.274. The molecule has 0 amide bonds. The third-order valence-electron chi connectivity index (χ3n) is 4.97. The number of halogens is 2. The average Bonchev–Trinajstić information content (AvgIpc) is 2.83. The molecule has 0 fully saturated rings. The van der Waals surface area contributed by atoms with E-state index in [9.17, 15) is 0 Å². The van der Waals surface area contributed by atoms with Gasteiger partial charge in [-0.15, -0.1) is 0 Å². The first-order chi connectivity index (χ1) is 16.4. The first-order valence-corrected chi connectivity index (χ1v) is 11.9. The van der Waals surface area contributed by atoms with Gasteiger partial charge in [0.25, 0.3) is 0 Å². The van der Waals surface area contributed by atoms with Crippen molar-refractivity contribution in [3.8, 4) is 12.0 Å². The van der Waals surface area contributed by atoms with E-state index >= 15 is 0 Å². The highest BCUT2D eigenvalue weighted by molar-refractivity contribution is 6.28. The van der Waals surface area contributed by atoms with Gasteiger partial charge in [0, 0.05) is 26.2 Å². The van der Waals surface area contributed by atoms with Gasteiger partial charge in [0.05, 0.1) is 0 Å². The largest absolute Gasteiger partial charge is 0.458 e. The molecule has 0 N–H and O–H groups in total. The maximum atomic E-state index is 6.06. The fourth-order valence-electron chi connectivity index (χ4n) is 3.17. The molecule has 0 unspecified atom stereocenters. The van der Waals surface area contributed by atoms with Crippen LogP contribution in [-0.4, -0.2) is 56.1 Å². The molecule has 2 heterocycles. The van der Waals surface area contributed by atoms with E-state index < -0.39 is 0 Å². The first-order valence-electron chi connectivity index (χ1n) is 11.1. The van der Waals surface area contributed by atoms with Gasteiger partial charge in [-0.05, 0) is 68.1 Å². The zero-order valence-corrected chi connectivity index (χ0v) is 21.2. The molecule has 182 valence electrons. The topological polar surface area (TPSA) is 102 Å². The molecule has 0 atom stereocenters. The molecule has 0 saturated heterocycles. The van der Waals surface area contributed by atoms with Crippen LogP contribution in [0.3, 0.4) is 0 Å². The minimum atomic E-state index is 0.0918. The molecule has 0 spiro atoms. The fourth-order valence-corrected chi connectivity index (χ4v) is 3.47. The summed E-state index contributed by atoms with van der Waals surface area (Å²) < 4.78 is 11.6. The maximum Gasteiger partial charge on any atom is 0.322 e. The number of hydrogen-bond acceptors (Lipinski definition) is 10. The average molecular weight is 507 g/mol. The zero-order valence-electron chi connectivity index (χ0n) is 19.7. The highest BCUT2D eigenvalue weighted by Gasteiger charge is 2.13. The first kappa shape index (κ1) is 25.6. The number of anilines is 2. The smallest absolute Gasteiger partial charge is 0.322 e. The molecule has 0 aliphatic carbocycles. The molecule has 12 heteroatoms. The summed E-state index contributed by atoms with van der Waals surface area (Å²) in [6, 6.07) is 8.11. The predicted octanol–water partition coefficient (Wildman–Crippen LogP) is 4.21. The summed E-state index contributed by atoms with van der Waals surface area (Å²) in [7, 11) is 0. The van der Waals surface area contributed by atoms with Crippen molar-refractivity contribution in [2.75, 3.05) is 36.0 Å². The number of rotatable bonds is 12. The lowest BCUT2D eigenvalue weighted by atomic mass is 10.1. The van der Waals surface area contributed by atoms with Gasteiger partial charge in [0.1, 0.15) is 13.2 Å². The lowest BCUT2D eigenvalue weighted by Gasteiger charge is -2.18. The summed E-state index contributed by atoms with van der Waals surface area (Å²) >= 11 is 12.1. The van der Waals surface area contributed by atoms with Crippen LogP contribution < -0.4 is 19.3 Å². The third-order valence-corrected chi connectivity index (χ3v) is 5.31. The predicted molar refractivity (Wildman–Crippen MR) is 132 cm³/mol. The molecular weight excluding hydrogens is 479 g/mol. The molecule has 1 aromatic carbocycles. The number of aromatic nitrogens is 6. The van der Waals surface area contributed by atoms with Crippen molar-refractivity contribution < 1.29 is 9.47 Å². The van der Waals surface area contributed by atoms with E-state index in [1.54, 1.807) is 0 Å². The summed E-state index contributed by atoms with van der Waals surface area (Å²) in [6.45, 7) is 11.6. The highest BCUT2D eigenvalue weighted by atomic mass is 35.5. The van der Waals surface area contributed by atoms with E-state index in [0.717, 1.165) is 37.3 Å². The van der Waals surface area contributed by atoms with E-state index in [1.165, 1.54) is 0 Å². The number of ether oxygens (including phenoxy) is 2. The van der Waals surface area contributed by atoms with Crippen molar-refractivity contribution in [2.24, 2.45) is 0 Å². The van der Waals surface area contributed by atoms with E-state index in [0.29, 0.717) is 11.9 Å². The summed E-state index contributed by atoms with van der Waals surface area (Å²) in [5.74, 6) is 0.976. The van der Waals surface area contributed by atoms with Gasteiger partial charge in [-0.1, -0.05) is 18.2 Å². The number of hydrogen-bond donors (Lipinski definition) is 0. The Labute approximate surface area is 209 Å². The molecule has 3 rings (SSSR count). The summed E-state index contributed by atoms with van der Waals surface area (Å²) in [6.07, 6.45) is 0. The fraction of sp³-hybridized carbons (Fsp3) is 0.455. The minimum absolute atomic E-state index is 0.0918. The van der Waals surface area contributed by atoms with Crippen LogP contribution >= 0.6 is 23.2 Å². The lowest BCUT2D eigenvalue weighted by Crippen LogP contribution is -2.24. The van der Waals surface area contributed by atoms with Crippen molar-refractivity contribution in [3.63, 3.8) is 0 Å². The van der Waals surface area contributed by atoms with Gasteiger partial charge in [-0.25, -0.2) is 0 Å². The van der Waals surface area contributed by atoms with Crippen LogP contribution in [0.1, 0.15) is 38.8 Å². The summed E-state index contributed by atoms with van der Waals surface area (Å²) in [5, 5.41) is 0.184. The maximum absolute atomic E-state index is 6.06. The van der Waals surface area contributed by atoms with E-state index in [-0.39, 0.29) is 35.8 Å². The second-order valence-corrected chi connectivity index (χ2v) is 7.79. The van der Waals surface area contributed by atoms with Crippen LogP contribution in [0, 0.1) is 0 Å². The second kappa shape index (κ2) is 12.5.